The first kappa shape index (κ1) is 12.5. The average Bonchev–Trinajstić information content (AvgIpc) is 2.17. The molecule has 88 valence electrons. The molecule has 1 saturated carbocycles. The van der Waals surface area contributed by atoms with E-state index in [9.17, 15) is 4.79 Å². The molecule has 0 unspecified atom stereocenters. The van der Waals surface area contributed by atoms with Crippen LogP contribution < -0.4 is 5.73 Å². The van der Waals surface area contributed by atoms with Crippen molar-refractivity contribution < 1.29 is 9.90 Å². The van der Waals surface area contributed by atoms with Crippen LogP contribution in [0.5, 0.6) is 0 Å². The molecular weight excluding hydrogens is 192 g/mol. The first-order valence-corrected chi connectivity index (χ1v) is 5.85. The Balaban J connectivity index is 2.44. The van der Waals surface area contributed by atoms with Crippen molar-refractivity contribution in [2.75, 3.05) is 13.1 Å². The average molecular weight is 214 g/mol. The van der Waals surface area contributed by atoms with E-state index in [1.807, 2.05) is 0 Å². The van der Waals surface area contributed by atoms with Crippen LogP contribution in [0.2, 0.25) is 0 Å². The number of hydrogen-bond donors (Lipinski definition) is 2. The maximum Gasteiger partial charge on any atom is 0.317 e. The number of carboxylic acids is 1. The van der Waals surface area contributed by atoms with Crippen LogP contribution in [0.25, 0.3) is 0 Å². The molecule has 3 N–H and O–H groups in total. The second-order valence-electron chi connectivity index (χ2n) is 4.43. The van der Waals surface area contributed by atoms with Crippen molar-refractivity contribution in [1.29, 1.82) is 0 Å². The Bertz CT molecular complexity index is 201. The highest BCUT2D eigenvalue weighted by Crippen LogP contribution is 2.22. The normalized spacial score (nSPS) is 26.9. The summed E-state index contributed by atoms with van der Waals surface area (Å²) < 4.78 is 0. The molecule has 1 rings (SSSR count). The molecule has 0 heterocycles. The Kier molecular flexibility index (Phi) is 5.05. The smallest absolute Gasteiger partial charge is 0.317 e. The third-order valence-electron chi connectivity index (χ3n) is 3.11. The molecule has 1 aliphatic carbocycles. The third-order valence-corrected chi connectivity index (χ3v) is 3.11. The summed E-state index contributed by atoms with van der Waals surface area (Å²) in [5.74, 6) is -0.724. The van der Waals surface area contributed by atoms with Crippen LogP contribution in [0.15, 0.2) is 0 Å². The Morgan fingerprint density at radius 1 is 1.40 bits per heavy atom. The van der Waals surface area contributed by atoms with E-state index in [1.54, 1.807) is 0 Å². The molecule has 0 aromatic rings. The fourth-order valence-corrected chi connectivity index (χ4v) is 2.32. The minimum Gasteiger partial charge on any atom is -0.480 e. The van der Waals surface area contributed by atoms with Crippen LogP contribution in [0.1, 0.15) is 39.0 Å². The van der Waals surface area contributed by atoms with E-state index in [-0.39, 0.29) is 6.54 Å². The molecular formula is C11H22N2O2. The van der Waals surface area contributed by atoms with Gasteiger partial charge < -0.3 is 10.8 Å². The van der Waals surface area contributed by atoms with Crippen LogP contribution in [-0.4, -0.2) is 41.1 Å². The van der Waals surface area contributed by atoms with Gasteiger partial charge in [0.2, 0.25) is 0 Å². The van der Waals surface area contributed by atoms with Gasteiger partial charge in [0.1, 0.15) is 0 Å². The van der Waals surface area contributed by atoms with Crippen molar-refractivity contribution in [2.45, 2.75) is 51.1 Å². The molecule has 1 aliphatic rings. The summed E-state index contributed by atoms with van der Waals surface area (Å²) in [6, 6.07) is 0.760. The molecule has 0 spiro atoms. The predicted octanol–water partition coefficient (Wildman–Crippen LogP) is 1.05. The van der Waals surface area contributed by atoms with Gasteiger partial charge in [-0.2, -0.15) is 0 Å². The number of carbonyl (C=O) groups is 1. The van der Waals surface area contributed by atoms with Crippen molar-refractivity contribution in [3.8, 4) is 0 Å². The third kappa shape index (κ3) is 4.18. The molecule has 0 aromatic heterocycles. The zero-order valence-electron chi connectivity index (χ0n) is 9.48. The Morgan fingerprint density at radius 2 is 2.00 bits per heavy atom. The highest BCUT2D eigenvalue weighted by molar-refractivity contribution is 5.69. The lowest BCUT2D eigenvalue weighted by atomic mass is 9.90. The minimum absolute atomic E-state index is 0.174. The highest BCUT2D eigenvalue weighted by atomic mass is 16.4. The van der Waals surface area contributed by atoms with Crippen LogP contribution in [0.3, 0.4) is 0 Å². The first-order valence-electron chi connectivity index (χ1n) is 5.85. The molecule has 1 fully saturated rings. The standard InChI is InChI=1S/C11H22N2O2/c1-2-7-13(8-11(14)15)10-5-3-9(12)4-6-10/h9-10H,2-8,12H2,1H3,(H,14,15). The van der Waals surface area contributed by atoms with Gasteiger partial charge in [0.25, 0.3) is 0 Å². The second-order valence-corrected chi connectivity index (χ2v) is 4.43. The Morgan fingerprint density at radius 3 is 2.47 bits per heavy atom. The van der Waals surface area contributed by atoms with E-state index in [2.05, 4.69) is 11.8 Å². The van der Waals surface area contributed by atoms with E-state index in [4.69, 9.17) is 10.8 Å². The van der Waals surface area contributed by atoms with Gasteiger partial charge in [-0.3, -0.25) is 9.69 Å². The molecule has 0 aromatic carbocycles. The van der Waals surface area contributed by atoms with Gasteiger partial charge in [0.15, 0.2) is 0 Å². The lowest BCUT2D eigenvalue weighted by Gasteiger charge is -2.34. The predicted molar refractivity (Wildman–Crippen MR) is 59.7 cm³/mol. The quantitative estimate of drug-likeness (QED) is 0.718. The van der Waals surface area contributed by atoms with Crippen LogP contribution in [0.4, 0.5) is 0 Å². The summed E-state index contributed by atoms with van der Waals surface area (Å²) in [5.41, 5.74) is 5.84. The van der Waals surface area contributed by atoms with Gasteiger partial charge in [-0.15, -0.1) is 0 Å². The lowest BCUT2D eigenvalue weighted by Crippen LogP contribution is -2.43. The molecule has 0 atom stereocenters. The van der Waals surface area contributed by atoms with Crippen LogP contribution in [-0.2, 0) is 4.79 Å². The minimum atomic E-state index is -0.724. The molecule has 4 heteroatoms. The van der Waals surface area contributed by atoms with Crippen molar-refractivity contribution in [2.24, 2.45) is 5.73 Å². The van der Waals surface area contributed by atoms with Gasteiger partial charge >= 0.3 is 5.97 Å². The summed E-state index contributed by atoms with van der Waals surface area (Å²) in [6.45, 7) is 3.14. The number of nitrogens with zero attached hydrogens (tertiary/aromatic N) is 1. The summed E-state index contributed by atoms with van der Waals surface area (Å²) in [4.78, 5) is 12.8. The zero-order chi connectivity index (χ0) is 11.3. The van der Waals surface area contributed by atoms with Crippen molar-refractivity contribution in [3.05, 3.63) is 0 Å². The fourth-order valence-electron chi connectivity index (χ4n) is 2.32. The maximum absolute atomic E-state index is 10.7. The van der Waals surface area contributed by atoms with Crippen LogP contribution >= 0.6 is 0 Å². The number of carboxylic acid groups (broad SMARTS) is 1. The second kappa shape index (κ2) is 6.08. The first-order chi connectivity index (χ1) is 7.13. The van der Waals surface area contributed by atoms with Gasteiger partial charge in [0, 0.05) is 12.1 Å². The van der Waals surface area contributed by atoms with Crippen molar-refractivity contribution in [1.82, 2.24) is 4.90 Å². The number of rotatable bonds is 5. The molecule has 0 amide bonds. The molecule has 15 heavy (non-hydrogen) atoms. The summed E-state index contributed by atoms with van der Waals surface area (Å²) in [6.07, 6.45) is 5.17. The van der Waals surface area contributed by atoms with E-state index in [0.717, 1.165) is 38.6 Å². The van der Waals surface area contributed by atoms with E-state index < -0.39 is 5.97 Å². The van der Waals surface area contributed by atoms with E-state index in [0.29, 0.717) is 12.1 Å². The largest absolute Gasteiger partial charge is 0.480 e. The molecule has 0 saturated heterocycles. The van der Waals surface area contributed by atoms with Crippen molar-refractivity contribution in [3.63, 3.8) is 0 Å². The van der Waals surface area contributed by atoms with E-state index >= 15 is 0 Å². The molecule has 0 aliphatic heterocycles. The number of hydrogen-bond acceptors (Lipinski definition) is 3. The monoisotopic (exact) mass is 214 g/mol. The maximum atomic E-state index is 10.7. The van der Waals surface area contributed by atoms with Gasteiger partial charge in [-0.05, 0) is 38.6 Å². The topological polar surface area (TPSA) is 66.6 Å². The van der Waals surface area contributed by atoms with Crippen LogP contribution in [0, 0.1) is 0 Å². The van der Waals surface area contributed by atoms with Crippen molar-refractivity contribution >= 4 is 5.97 Å². The Hall–Kier alpha value is -0.610. The van der Waals surface area contributed by atoms with Gasteiger partial charge in [-0.25, -0.2) is 0 Å². The SMILES string of the molecule is CCCN(CC(=O)O)C1CCC(N)CC1. The van der Waals surface area contributed by atoms with Gasteiger partial charge in [0.05, 0.1) is 6.54 Å². The molecule has 0 bridgehead atoms. The highest BCUT2D eigenvalue weighted by Gasteiger charge is 2.24. The van der Waals surface area contributed by atoms with Gasteiger partial charge in [-0.1, -0.05) is 6.92 Å². The number of aliphatic carboxylic acids is 1. The fraction of sp³-hybridized carbons (Fsp3) is 0.909. The summed E-state index contributed by atoms with van der Waals surface area (Å²) >= 11 is 0. The zero-order valence-corrected chi connectivity index (χ0v) is 9.48. The Labute approximate surface area is 91.4 Å². The number of nitrogens with two attached hydrogens (primary N) is 1. The lowest BCUT2D eigenvalue weighted by molar-refractivity contribution is -0.139. The summed E-state index contributed by atoms with van der Waals surface area (Å²) in [7, 11) is 0. The van der Waals surface area contributed by atoms with E-state index in [1.165, 1.54) is 0 Å². The summed E-state index contributed by atoms with van der Waals surface area (Å²) in [5, 5.41) is 8.83. The molecule has 0 radical (unpaired) electrons. The molecule has 4 nitrogen and oxygen atoms in total.